The first-order valence-electron chi connectivity index (χ1n) is 18.6. The van der Waals surface area contributed by atoms with E-state index in [1.807, 2.05) is 24.4 Å². The molecule has 0 aliphatic carbocycles. The number of phenols is 1. The maximum absolute atomic E-state index is 11.1. The normalized spacial score (nSPS) is 11.6. The smallest absolute Gasteiger partial charge is 0.140 e. The van der Waals surface area contributed by atoms with E-state index in [1.165, 1.54) is 33.4 Å². The second kappa shape index (κ2) is 15.7. The molecule has 1 N–H and O–H groups in total. The van der Waals surface area contributed by atoms with Gasteiger partial charge < -0.3 is 9.67 Å². The van der Waals surface area contributed by atoms with E-state index in [2.05, 4.69) is 151 Å². The summed E-state index contributed by atoms with van der Waals surface area (Å²) in [7, 11) is 0. The average molecular weight is 878 g/mol. The molecule has 2 aromatic heterocycles. The van der Waals surface area contributed by atoms with E-state index < -0.39 is 0 Å². The van der Waals surface area contributed by atoms with Gasteiger partial charge in [0.1, 0.15) is 11.6 Å². The minimum absolute atomic E-state index is 0. The third-order valence-corrected chi connectivity index (χ3v) is 10.2. The maximum atomic E-state index is 11.1. The molecule has 0 atom stereocenters. The number of hydrogen-bond acceptors (Lipinski definition) is 3. The third kappa shape index (κ3) is 7.27. The molecule has 0 saturated carbocycles. The van der Waals surface area contributed by atoms with Crippen LogP contribution in [0.15, 0.2) is 116 Å². The Morgan fingerprint density at radius 1 is 0.623 bits per heavy atom. The van der Waals surface area contributed by atoms with Crippen molar-refractivity contribution in [3.05, 3.63) is 144 Å². The van der Waals surface area contributed by atoms with Crippen LogP contribution in [0.4, 0.5) is 0 Å². The molecule has 5 aromatic carbocycles. The Morgan fingerprint density at radius 2 is 1.21 bits per heavy atom. The first-order chi connectivity index (χ1) is 25.0. The van der Waals surface area contributed by atoms with Crippen molar-refractivity contribution in [2.45, 2.75) is 79.1 Å². The van der Waals surface area contributed by atoms with Gasteiger partial charge in [0.15, 0.2) is 0 Å². The number of para-hydroxylation sites is 2. The summed E-state index contributed by atoms with van der Waals surface area (Å²) in [5.74, 6) is 2.31. The first-order valence-corrected chi connectivity index (χ1v) is 18.6. The molecular formula is C48H48N3OPt-. The number of phenolic OH excluding ortho intramolecular Hbond substituents is 1. The Labute approximate surface area is 329 Å². The van der Waals surface area contributed by atoms with Crippen molar-refractivity contribution >= 4 is 10.8 Å². The molecule has 0 bridgehead atoms. The fraction of sp³-hybridized carbons (Fsp3) is 0.250. The molecule has 5 heteroatoms. The number of nitrogens with zero attached hydrogens (tertiary/aromatic N) is 3. The van der Waals surface area contributed by atoms with Crippen LogP contribution in [-0.2, 0) is 21.1 Å². The Hall–Kier alpha value is -4.79. The zero-order valence-corrected chi connectivity index (χ0v) is 34.2. The van der Waals surface area contributed by atoms with Crippen molar-refractivity contribution < 1.29 is 26.2 Å². The SMILES string of the molecule is CC(C)c1cccc(C(C)C)c1-c1ccc2c(-c3[c-]c(-c4cn(-c5c(C(C)C)cccc5C(C)C)c(-c5ccccc5O)n4)ccc3)nccc2c1.[Pt]. The number of hydrogen-bond donors (Lipinski definition) is 1. The van der Waals surface area contributed by atoms with Gasteiger partial charge in [0.25, 0.3) is 0 Å². The van der Waals surface area contributed by atoms with E-state index in [0.717, 1.165) is 39.0 Å². The van der Waals surface area contributed by atoms with Gasteiger partial charge in [0, 0.05) is 44.8 Å². The van der Waals surface area contributed by atoms with Crippen LogP contribution in [0.3, 0.4) is 0 Å². The maximum Gasteiger partial charge on any atom is 0.140 e. The van der Waals surface area contributed by atoms with Gasteiger partial charge in [-0.05, 0) is 92.1 Å². The van der Waals surface area contributed by atoms with Crippen LogP contribution in [0, 0.1) is 6.07 Å². The molecule has 7 aromatic rings. The van der Waals surface area contributed by atoms with Crippen molar-refractivity contribution in [2.24, 2.45) is 0 Å². The van der Waals surface area contributed by atoms with Gasteiger partial charge in [0.2, 0.25) is 0 Å². The van der Waals surface area contributed by atoms with Gasteiger partial charge in [0.05, 0.1) is 11.3 Å². The summed E-state index contributed by atoms with van der Waals surface area (Å²) in [6.45, 7) is 18.0. The molecule has 0 radical (unpaired) electrons. The minimum Gasteiger partial charge on any atom is -0.507 e. The molecule has 0 fully saturated rings. The topological polar surface area (TPSA) is 50.9 Å². The van der Waals surface area contributed by atoms with E-state index in [0.29, 0.717) is 35.1 Å². The molecule has 4 nitrogen and oxygen atoms in total. The quantitative estimate of drug-likeness (QED) is 0.147. The van der Waals surface area contributed by atoms with Gasteiger partial charge >= 0.3 is 0 Å². The van der Waals surface area contributed by atoms with Crippen molar-refractivity contribution in [1.29, 1.82) is 0 Å². The summed E-state index contributed by atoms with van der Waals surface area (Å²) in [6.07, 6.45) is 4.01. The van der Waals surface area contributed by atoms with E-state index in [9.17, 15) is 5.11 Å². The first kappa shape index (κ1) is 37.9. The number of benzene rings is 5. The van der Waals surface area contributed by atoms with Gasteiger partial charge in [-0.1, -0.05) is 127 Å². The van der Waals surface area contributed by atoms with E-state index in [1.54, 1.807) is 6.07 Å². The number of rotatable bonds is 9. The Kier molecular flexibility index (Phi) is 11.2. The number of aromatic hydroxyl groups is 1. The van der Waals surface area contributed by atoms with Crippen LogP contribution in [0.5, 0.6) is 5.75 Å². The standard InChI is InChI=1S/C48H48N3O.Pt/c1-29(2)37-17-12-18-38(30(3)4)45(37)35-22-23-41-33(26-35)24-25-49-46(41)36-15-11-14-34(27-36)43-28-51(48(50-43)42-16-9-10-21-44(42)52)47-39(31(5)6)19-13-20-40(47)32(7)8;/h9-26,28-32,52H,1-8H3;/q-1;. The van der Waals surface area contributed by atoms with Crippen LogP contribution in [0.2, 0.25) is 0 Å². The van der Waals surface area contributed by atoms with Crippen molar-refractivity contribution in [3.8, 4) is 56.5 Å². The number of imidazole rings is 1. The molecule has 2 heterocycles. The molecule has 0 aliphatic rings. The fourth-order valence-corrected chi connectivity index (χ4v) is 7.51. The van der Waals surface area contributed by atoms with Crippen LogP contribution in [0.1, 0.15) is 101 Å². The fourth-order valence-electron chi connectivity index (χ4n) is 7.51. The third-order valence-electron chi connectivity index (χ3n) is 10.2. The van der Waals surface area contributed by atoms with E-state index in [4.69, 9.17) is 9.97 Å². The molecule has 0 amide bonds. The summed E-state index contributed by atoms with van der Waals surface area (Å²) in [5, 5.41) is 13.3. The van der Waals surface area contributed by atoms with Crippen LogP contribution in [-0.4, -0.2) is 19.6 Å². The summed E-state index contributed by atoms with van der Waals surface area (Å²) in [4.78, 5) is 10.1. The van der Waals surface area contributed by atoms with Gasteiger partial charge in [-0.3, -0.25) is 9.97 Å². The Balaban J connectivity index is 0.00000481. The number of pyridine rings is 1. The van der Waals surface area contributed by atoms with E-state index >= 15 is 0 Å². The van der Waals surface area contributed by atoms with Gasteiger partial charge in [-0.2, -0.15) is 0 Å². The van der Waals surface area contributed by atoms with Gasteiger partial charge in [-0.25, -0.2) is 0 Å². The van der Waals surface area contributed by atoms with Crippen molar-refractivity contribution in [3.63, 3.8) is 0 Å². The zero-order valence-electron chi connectivity index (χ0n) is 31.9. The second-order valence-electron chi connectivity index (χ2n) is 15.1. The predicted octanol–water partition coefficient (Wildman–Crippen LogP) is 13.1. The summed E-state index contributed by atoms with van der Waals surface area (Å²) in [5.41, 5.74) is 13.0. The average Bonchev–Trinajstić information content (AvgIpc) is 3.58. The Morgan fingerprint density at radius 3 is 1.83 bits per heavy atom. The molecule has 0 aliphatic heterocycles. The van der Waals surface area contributed by atoms with Crippen LogP contribution in [0.25, 0.3) is 61.5 Å². The predicted molar refractivity (Wildman–Crippen MR) is 217 cm³/mol. The Bertz CT molecular complexity index is 2350. The second-order valence-corrected chi connectivity index (χ2v) is 15.1. The van der Waals surface area contributed by atoms with E-state index in [-0.39, 0.29) is 26.8 Å². The molecule has 0 spiro atoms. The molecule has 0 saturated heterocycles. The molecule has 272 valence electrons. The van der Waals surface area contributed by atoms with Gasteiger partial charge in [-0.15, -0.1) is 24.3 Å². The monoisotopic (exact) mass is 877 g/mol. The molecular weight excluding hydrogens is 830 g/mol. The summed E-state index contributed by atoms with van der Waals surface area (Å²) < 4.78 is 2.17. The summed E-state index contributed by atoms with van der Waals surface area (Å²) >= 11 is 0. The number of fused-ring (bicyclic) bond motifs is 1. The largest absolute Gasteiger partial charge is 0.507 e. The zero-order chi connectivity index (χ0) is 36.7. The number of aromatic nitrogens is 3. The van der Waals surface area contributed by atoms with Crippen molar-refractivity contribution in [1.82, 2.24) is 14.5 Å². The minimum atomic E-state index is 0. The van der Waals surface area contributed by atoms with Crippen molar-refractivity contribution in [2.75, 3.05) is 0 Å². The molecule has 0 unspecified atom stereocenters. The molecule has 53 heavy (non-hydrogen) atoms. The molecule has 7 rings (SSSR count). The van der Waals surface area contributed by atoms with Crippen LogP contribution < -0.4 is 0 Å². The summed E-state index contributed by atoms with van der Waals surface area (Å²) in [6, 6.07) is 39.5. The van der Waals surface area contributed by atoms with Crippen LogP contribution >= 0.6 is 0 Å².